The van der Waals surface area contributed by atoms with Crippen LogP contribution < -0.4 is 5.56 Å². The third kappa shape index (κ3) is 3.50. The van der Waals surface area contributed by atoms with Crippen molar-refractivity contribution in [2.45, 2.75) is 13.0 Å². The SMILES string of the molecule is O=c1cc(CN2CC=C(c3ccccc3)CC2)nc2ccc(Cl)cn12. The zero-order chi connectivity index (χ0) is 17.2. The van der Waals surface area contributed by atoms with Gasteiger partial charge in [0.2, 0.25) is 0 Å². The molecule has 3 aromatic rings. The Morgan fingerprint density at radius 3 is 2.72 bits per heavy atom. The standard InChI is InChI=1S/C20H18ClN3O/c21-17-6-7-19-22-18(12-20(25)24(19)13-17)14-23-10-8-16(9-11-23)15-4-2-1-3-5-15/h1-8,12-13H,9-11,14H2. The van der Waals surface area contributed by atoms with Gasteiger partial charge in [-0.05, 0) is 29.7 Å². The Labute approximate surface area is 151 Å². The third-order valence-corrected chi connectivity index (χ3v) is 4.72. The van der Waals surface area contributed by atoms with Gasteiger partial charge in [0.1, 0.15) is 5.65 Å². The van der Waals surface area contributed by atoms with Crippen molar-refractivity contribution in [3.8, 4) is 0 Å². The highest BCUT2D eigenvalue weighted by atomic mass is 35.5. The van der Waals surface area contributed by atoms with Crippen molar-refractivity contribution in [3.63, 3.8) is 0 Å². The molecule has 0 saturated carbocycles. The number of halogens is 1. The minimum absolute atomic E-state index is 0.0972. The first kappa shape index (κ1) is 16.1. The molecule has 5 heteroatoms. The maximum absolute atomic E-state index is 12.3. The highest BCUT2D eigenvalue weighted by Crippen LogP contribution is 2.22. The number of pyridine rings is 1. The van der Waals surface area contributed by atoms with Crippen molar-refractivity contribution >= 4 is 22.8 Å². The Balaban J connectivity index is 1.52. The summed E-state index contributed by atoms with van der Waals surface area (Å²) < 4.78 is 1.48. The van der Waals surface area contributed by atoms with Crippen LogP contribution in [0, 0.1) is 0 Å². The molecule has 3 heterocycles. The molecule has 126 valence electrons. The van der Waals surface area contributed by atoms with Crippen molar-refractivity contribution in [1.29, 1.82) is 0 Å². The van der Waals surface area contributed by atoms with Gasteiger partial charge in [0.25, 0.3) is 5.56 Å². The zero-order valence-corrected chi connectivity index (χ0v) is 14.5. The number of hydrogen-bond donors (Lipinski definition) is 0. The van der Waals surface area contributed by atoms with Gasteiger partial charge >= 0.3 is 0 Å². The Kier molecular flexibility index (Phi) is 4.38. The zero-order valence-electron chi connectivity index (χ0n) is 13.7. The van der Waals surface area contributed by atoms with E-state index in [1.807, 2.05) is 6.07 Å². The van der Waals surface area contributed by atoms with Crippen LogP contribution in [0.3, 0.4) is 0 Å². The quantitative estimate of drug-likeness (QED) is 0.723. The van der Waals surface area contributed by atoms with Gasteiger partial charge in [-0.15, -0.1) is 0 Å². The predicted molar refractivity (Wildman–Crippen MR) is 101 cm³/mol. The maximum Gasteiger partial charge on any atom is 0.258 e. The van der Waals surface area contributed by atoms with Gasteiger partial charge in [-0.2, -0.15) is 0 Å². The number of aromatic nitrogens is 2. The van der Waals surface area contributed by atoms with E-state index >= 15 is 0 Å². The second-order valence-corrected chi connectivity index (χ2v) is 6.68. The first-order chi connectivity index (χ1) is 12.2. The molecule has 0 atom stereocenters. The summed E-state index contributed by atoms with van der Waals surface area (Å²) in [7, 11) is 0. The average Bonchev–Trinajstić information content (AvgIpc) is 2.64. The van der Waals surface area contributed by atoms with Crippen LogP contribution in [0.2, 0.25) is 5.02 Å². The van der Waals surface area contributed by atoms with Crippen LogP contribution in [0.5, 0.6) is 0 Å². The molecule has 0 spiro atoms. The largest absolute Gasteiger partial charge is 0.294 e. The van der Waals surface area contributed by atoms with E-state index in [1.54, 1.807) is 24.4 Å². The normalized spacial score (nSPS) is 15.3. The lowest BCUT2D eigenvalue weighted by Crippen LogP contribution is -2.29. The van der Waals surface area contributed by atoms with Gasteiger partial charge in [-0.3, -0.25) is 14.1 Å². The molecule has 0 radical (unpaired) electrons. The van der Waals surface area contributed by atoms with Crippen LogP contribution in [0.15, 0.2) is 65.6 Å². The second kappa shape index (κ2) is 6.82. The Bertz CT molecular complexity index is 995. The van der Waals surface area contributed by atoms with Gasteiger partial charge < -0.3 is 0 Å². The molecule has 0 aliphatic carbocycles. The fourth-order valence-corrected chi connectivity index (χ4v) is 3.37. The number of fused-ring (bicyclic) bond motifs is 1. The van der Waals surface area contributed by atoms with Gasteiger partial charge in [-0.1, -0.05) is 48.0 Å². The first-order valence-corrected chi connectivity index (χ1v) is 8.71. The molecule has 4 nitrogen and oxygen atoms in total. The molecule has 25 heavy (non-hydrogen) atoms. The maximum atomic E-state index is 12.3. The minimum Gasteiger partial charge on any atom is -0.294 e. The monoisotopic (exact) mass is 351 g/mol. The molecule has 0 fully saturated rings. The van der Waals surface area contributed by atoms with Crippen LogP contribution in [0.4, 0.5) is 0 Å². The van der Waals surface area contributed by atoms with E-state index in [1.165, 1.54) is 15.5 Å². The summed E-state index contributed by atoms with van der Waals surface area (Å²) >= 11 is 5.95. The number of benzene rings is 1. The van der Waals surface area contributed by atoms with E-state index in [0.29, 0.717) is 17.2 Å². The fraction of sp³-hybridized carbons (Fsp3) is 0.200. The summed E-state index contributed by atoms with van der Waals surface area (Å²) in [6.45, 7) is 2.50. The molecule has 2 aromatic heterocycles. The van der Waals surface area contributed by atoms with Crippen LogP contribution in [-0.4, -0.2) is 27.4 Å². The van der Waals surface area contributed by atoms with Crippen LogP contribution in [-0.2, 0) is 6.54 Å². The van der Waals surface area contributed by atoms with E-state index in [4.69, 9.17) is 11.6 Å². The lowest BCUT2D eigenvalue weighted by atomic mass is 9.99. The lowest BCUT2D eigenvalue weighted by Gasteiger charge is -2.26. The number of nitrogens with zero attached hydrogens (tertiary/aromatic N) is 3. The van der Waals surface area contributed by atoms with Crippen molar-refractivity contribution in [1.82, 2.24) is 14.3 Å². The van der Waals surface area contributed by atoms with Crippen molar-refractivity contribution in [2.75, 3.05) is 13.1 Å². The van der Waals surface area contributed by atoms with Gasteiger partial charge in [0.15, 0.2) is 0 Å². The minimum atomic E-state index is -0.0972. The Morgan fingerprint density at radius 2 is 1.96 bits per heavy atom. The summed E-state index contributed by atoms with van der Waals surface area (Å²) in [5, 5.41) is 0.527. The molecule has 0 amide bonds. The molecule has 1 aliphatic heterocycles. The highest BCUT2D eigenvalue weighted by Gasteiger charge is 2.14. The summed E-state index contributed by atoms with van der Waals surface area (Å²) in [6.07, 6.45) is 4.88. The summed E-state index contributed by atoms with van der Waals surface area (Å²) in [4.78, 5) is 19.2. The lowest BCUT2D eigenvalue weighted by molar-refractivity contribution is 0.290. The molecule has 1 aromatic carbocycles. The molecule has 0 bridgehead atoms. The van der Waals surface area contributed by atoms with Crippen LogP contribution in [0.25, 0.3) is 11.2 Å². The molecule has 0 saturated heterocycles. The van der Waals surface area contributed by atoms with E-state index < -0.39 is 0 Å². The second-order valence-electron chi connectivity index (χ2n) is 6.24. The molecule has 0 N–H and O–H groups in total. The smallest absolute Gasteiger partial charge is 0.258 e. The van der Waals surface area contributed by atoms with Gasteiger partial charge in [0.05, 0.1) is 10.7 Å². The van der Waals surface area contributed by atoms with E-state index in [0.717, 1.165) is 25.2 Å². The van der Waals surface area contributed by atoms with Crippen LogP contribution in [0.1, 0.15) is 17.7 Å². The molecule has 0 unspecified atom stereocenters. The topological polar surface area (TPSA) is 37.6 Å². The third-order valence-electron chi connectivity index (χ3n) is 4.50. The number of rotatable bonds is 3. The summed E-state index contributed by atoms with van der Waals surface area (Å²) in [6, 6.07) is 15.6. The highest BCUT2D eigenvalue weighted by molar-refractivity contribution is 6.30. The molecule has 1 aliphatic rings. The molecular weight excluding hydrogens is 334 g/mol. The van der Waals surface area contributed by atoms with Crippen molar-refractivity contribution in [2.24, 2.45) is 0 Å². The first-order valence-electron chi connectivity index (χ1n) is 8.34. The summed E-state index contributed by atoms with van der Waals surface area (Å²) in [5.74, 6) is 0. The Morgan fingerprint density at radius 1 is 1.12 bits per heavy atom. The van der Waals surface area contributed by atoms with E-state index in [2.05, 4.69) is 40.2 Å². The average molecular weight is 352 g/mol. The molecular formula is C20H18ClN3O. The van der Waals surface area contributed by atoms with Crippen LogP contribution >= 0.6 is 11.6 Å². The van der Waals surface area contributed by atoms with E-state index in [-0.39, 0.29) is 5.56 Å². The number of hydrogen-bond acceptors (Lipinski definition) is 3. The Hall–Kier alpha value is -2.43. The predicted octanol–water partition coefficient (Wildman–Crippen LogP) is 3.64. The van der Waals surface area contributed by atoms with Crippen molar-refractivity contribution in [3.05, 3.63) is 87.4 Å². The van der Waals surface area contributed by atoms with Gasteiger partial charge in [0, 0.05) is 31.9 Å². The van der Waals surface area contributed by atoms with Gasteiger partial charge in [-0.25, -0.2) is 4.98 Å². The fourth-order valence-electron chi connectivity index (χ4n) is 3.21. The summed E-state index contributed by atoms with van der Waals surface area (Å²) in [5.41, 5.74) is 4.01. The van der Waals surface area contributed by atoms with Crippen molar-refractivity contribution < 1.29 is 0 Å². The molecule has 4 rings (SSSR count). The van der Waals surface area contributed by atoms with E-state index in [9.17, 15) is 4.79 Å².